The minimum absolute atomic E-state index is 0.0767. The SMILES string of the molecule is CCc1nnc(NC(=O)Cn2cccc2/C=C/C(=O)O)s1. The molecule has 8 heteroatoms. The Morgan fingerprint density at radius 2 is 2.29 bits per heavy atom. The number of carboxylic acid groups (broad SMARTS) is 1. The molecule has 7 nitrogen and oxygen atoms in total. The Kier molecular flexibility index (Phi) is 4.83. The maximum atomic E-state index is 11.9. The number of carbonyl (C=O) groups excluding carboxylic acids is 1. The number of aromatic nitrogens is 3. The zero-order chi connectivity index (χ0) is 15.2. The van der Waals surface area contributed by atoms with E-state index in [-0.39, 0.29) is 12.5 Å². The Morgan fingerprint density at radius 3 is 2.95 bits per heavy atom. The average Bonchev–Trinajstić information content (AvgIpc) is 3.05. The van der Waals surface area contributed by atoms with Gasteiger partial charge in [0.15, 0.2) is 0 Å². The molecule has 2 heterocycles. The lowest BCUT2D eigenvalue weighted by Gasteiger charge is -2.05. The molecule has 1 amide bonds. The van der Waals surface area contributed by atoms with E-state index in [4.69, 9.17) is 5.11 Å². The fraction of sp³-hybridized carbons (Fsp3) is 0.231. The van der Waals surface area contributed by atoms with Crippen LogP contribution in [0, 0.1) is 0 Å². The van der Waals surface area contributed by atoms with E-state index >= 15 is 0 Å². The van der Waals surface area contributed by atoms with Crippen LogP contribution in [0.3, 0.4) is 0 Å². The molecule has 0 atom stereocenters. The lowest BCUT2D eigenvalue weighted by atomic mass is 10.3. The summed E-state index contributed by atoms with van der Waals surface area (Å²) in [4.78, 5) is 22.4. The third-order valence-corrected chi connectivity index (χ3v) is 3.57. The van der Waals surface area contributed by atoms with Gasteiger partial charge in [-0.2, -0.15) is 0 Å². The number of rotatable bonds is 6. The molecular weight excluding hydrogens is 292 g/mol. The van der Waals surface area contributed by atoms with Gasteiger partial charge in [0.1, 0.15) is 11.6 Å². The second kappa shape index (κ2) is 6.80. The largest absolute Gasteiger partial charge is 0.478 e. The summed E-state index contributed by atoms with van der Waals surface area (Å²) in [5.74, 6) is -1.27. The molecule has 0 saturated carbocycles. The van der Waals surface area contributed by atoms with Crippen LogP contribution in [-0.2, 0) is 22.6 Å². The Balaban J connectivity index is 1.99. The van der Waals surface area contributed by atoms with Crippen LogP contribution in [0.2, 0.25) is 0 Å². The maximum absolute atomic E-state index is 11.9. The van der Waals surface area contributed by atoms with Gasteiger partial charge in [0.05, 0.1) is 0 Å². The Bertz CT molecular complexity index is 675. The highest BCUT2D eigenvalue weighted by molar-refractivity contribution is 7.15. The molecule has 21 heavy (non-hydrogen) atoms. The molecule has 0 aromatic carbocycles. The molecule has 2 N–H and O–H groups in total. The number of amides is 1. The van der Waals surface area contributed by atoms with Gasteiger partial charge in [-0.15, -0.1) is 10.2 Å². The molecule has 0 aliphatic carbocycles. The van der Waals surface area contributed by atoms with E-state index in [1.807, 2.05) is 6.92 Å². The van der Waals surface area contributed by atoms with Crippen molar-refractivity contribution in [2.24, 2.45) is 0 Å². The van der Waals surface area contributed by atoms with E-state index in [2.05, 4.69) is 15.5 Å². The first-order valence-electron chi connectivity index (χ1n) is 6.27. The number of anilines is 1. The summed E-state index contributed by atoms with van der Waals surface area (Å²) < 4.78 is 1.65. The van der Waals surface area contributed by atoms with Gasteiger partial charge in [0, 0.05) is 18.0 Å². The zero-order valence-electron chi connectivity index (χ0n) is 11.3. The first-order chi connectivity index (χ1) is 10.1. The van der Waals surface area contributed by atoms with Crippen LogP contribution in [0.15, 0.2) is 24.4 Å². The lowest BCUT2D eigenvalue weighted by Crippen LogP contribution is -2.18. The Labute approximate surface area is 124 Å². The summed E-state index contributed by atoms with van der Waals surface area (Å²) in [6, 6.07) is 3.47. The maximum Gasteiger partial charge on any atom is 0.328 e. The normalized spacial score (nSPS) is 10.9. The Morgan fingerprint density at radius 1 is 1.48 bits per heavy atom. The van der Waals surface area contributed by atoms with Gasteiger partial charge in [-0.25, -0.2) is 4.79 Å². The highest BCUT2D eigenvalue weighted by Gasteiger charge is 2.09. The van der Waals surface area contributed by atoms with Crippen molar-refractivity contribution in [2.75, 3.05) is 5.32 Å². The minimum Gasteiger partial charge on any atom is -0.478 e. The van der Waals surface area contributed by atoms with Gasteiger partial charge in [-0.1, -0.05) is 18.3 Å². The molecule has 0 aliphatic rings. The van der Waals surface area contributed by atoms with Crippen LogP contribution in [0.25, 0.3) is 6.08 Å². The molecule has 2 rings (SSSR count). The van der Waals surface area contributed by atoms with Crippen molar-refractivity contribution in [1.29, 1.82) is 0 Å². The summed E-state index contributed by atoms with van der Waals surface area (Å²) in [5, 5.41) is 20.4. The zero-order valence-corrected chi connectivity index (χ0v) is 12.1. The van der Waals surface area contributed by atoms with Crippen LogP contribution in [0.4, 0.5) is 5.13 Å². The predicted molar refractivity (Wildman–Crippen MR) is 79.0 cm³/mol. The summed E-state index contributed by atoms with van der Waals surface area (Å²) in [6.07, 6.45) is 4.95. The van der Waals surface area contributed by atoms with Crippen molar-refractivity contribution in [3.05, 3.63) is 35.1 Å². The Hall–Kier alpha value is -2.48. The molecule has 0 fully saturated rings. The van der Waals surface area contributed by atoms with E-state index < -0.39 is 5.97 Å². The van der Waals surface area contributed by atoms with Crippen LogP contribution in [0.1, 0.15) is 17.6 Å². The quantitative estimate of drug-likeness (QED) is 0.791. The van der Waals surface area contributed by atoms with Crippen molar-refractivity contribution in [3.63, 3.8) is 0 Å². The molecule has 2 aromatic heterocycles. The van der Waals surface area contributed by atoms with Crippen LogP contribution in [0.5, 0.6) is 0 Å². The van der Waals surface area contributed by atoms with Crippen molar-refractivity contribution < 1.29 is 14.7 Å². The number of carboxylic acids is 1. The highest BCUT2D eigenvalue weighted by atomic mass is 32.1. The van der Waals surface area contributed by atoms with Gasteiger partial charge in [0.2, 0.25) is 11.0 Å². The molecular formula is C13H14N4O3S. The molecule has 2 aromatic rings. The fourth-order valence-electron chi connectivity index (χ4n) is 1.64. The number of aliphatic carboxylic acids is 1. The van der Waals surface area contributed by atoms with Gasteiger partial charge < -0.3 is 9.67 Å². The van der Waals surface area contributed by atoms with Crippen molar-refractivity contribution in [2.45, 2.75) is 19.9 Å². The highest BCUT2D eigenvalue weighted by Crippen LogP contribution is 2.15. The molecule has 0 radical (unpaired) electrons. The van der Waals surface area contributed by atoms with Crippen molar-refractivity contribution >= 4 is 34.4 Å². The summed E-state index contributed by atoms with van der Waals surface area (Å²) in [7, 11) is 0. The number of carbonyl (C=O) groups is 2. The van der Waals surface area contributed by atoms with E-state index in [1.165, 1.54) is 17.4 Å². The number of nitrogens with zero attached hydrogens (tertiary/aromatic N) is 3. The first kappa shape index (κ1) is 14.9. The van der Waals surface area contributed by atoms with Crippen LogP contribution >= 0.6 is 11.3 Å². The fourth-order valence-corrected chi connectivity index (χ4v) is 2.34. The molecule has 0 saturated heterocycles. The van der Waals surface area contributed by atoms with Gasteiger partial charge in [-0.05, 0) is 24.6 Å². The monoisotopic (exact) mass is 306 g/mol. The van der Waals surface area contributed by atoms with Gasteiger partial charge in [0.25, 0.3) is 0 Å². The predicted octanol–water partition coefficient (Wildman–Crippen LogP) is 1.64. The van der Waals surface area contributed by atoms with E-state index in [1.54, 1.807) is 22.9 Å². The molecule has 110 valence electrons. The average molecular weight is 306 g/mol. The molecule has 0 aliphatic heterocycles. The minimum atomic E-state index is -1.03. The van der Waals surface area contributed by atoms with Crippen LogP contribution in [-0.4, -0.2) is 31.7 Å². The topological polar surface area (TPSA) is 97.1 Å². The second-order valence-corrected chi connectivity index (χ2v) is 5.20. The molecule has 0 spiro atoms. The van der Waals surface area contributed by atoms with Crippen molar-refractivity contribution in [1.82, 2.24) is 14.8 Å². The smallest absolute Gasteiger partial charge is 0.328 e. The second-order valence-electron chi connectivity index (χ2n) is 4.14. The summed E-state index contributed by atoms with van der Waals surface area (Å²) in [6.45, 7) is 2.04. The lowest BCUT2D eigenvalue weighted by molar-refractivity contribution is -0.131. The number of aryl methyl sites for hydroxylation is 1. The summed E-state index contributed by atoms with van der Waals surface area (Å²) >= 11 is 1.34. The van der Waals surface area contributed by atoms with Crippen LogP contribution < -0.4 is 5.32 Å². The van der Waals surface area contributed by atoms with Crippen molar-refractivity contribution in [3.8, 4) is 0 Å². The molecule has 0 unspecified atom stereocenters. The molecule has 0 bridgehead atoms. The van der Waals surface area contributed by atoms with E-state index in [0.717, 1.165) is 17.5 Å². The van der Waals surface area contributed by atoms with Gasteiger partial charge in [-0.3, -0.25) is 10.1 Å². The van der Waals surface area contributed by atoms with Gasteiger partial charge >= 0.3 is 5.97 Å². The number of hydrogen-bond donors (Lipinski definition) is 2. The number of nitrogens with one attached hydrogen (secondary N) is 1. The van der Waals surface area contributed by atoms with E-state index in [0.29, 0.717) is 10.8 Å². The third kappa shape index (κ3) is 4.25. The third-order valence-electron chi connectivity index (χ3n) is 2.59. The summed E-state index contributed by atoms with van der Waals surface area (Å²) in [5.41, 5.74) is 0.638. The van der Waals surface area contributed by atoms with E-state index in [9.17, 15) is 9.59 Å². The standard InChI is InChI=1S/C13H14N4O3S/c1-2-11-15-16-13(21-11)14-10(18)8-17-7-3-4-9(17)5-6-12(19)20/h3-7H,2,8H2,1H3,(H,19,20)(H,14,16,18)/b6-5+. The first-order valence-corrected chi connectivity index (χ1v) is 7.08. The number of hydrogen-bond acceptors (Lipinski definition) is 5.